The van der Waals surface area contributed by atoms with E-state index in [1.165, 1.54) is 30.4 Å². The van der Waals surface area contributed by atoms with Gasteiger partial charge in [-0.15, -0.1) is 0 Å². The number of hydrogen-bond donors (Lipinski definition) is 2. The number of nitrogens with two attached hydrogens (primary N) is 1. The van der Waals surface area contributed by atoms with Gasteiger partial charge >= 0.3 is 5.97 Å². The molecule has 11 heteroatoms. The molecule has 1 aromatic carbocycles. The van der Waals surface area contributed by atoms with Gasteiger partial charge in [0.25, 0.3) is 0 Å². The summed E-state index contributed by atoms with van der Waals surface area (Å²) >= 11 is 0. The number of methoxy groups -OCH3 is 1. The second-order valence-electron chi connectivity index (χ2n) is 7.42. The first-order chi connectivity index (χ1) is 15.9. The summed E-state index contributed by atoms with van der Waals surface area (Å²) in [6, 6.07) is 9.09. The number of carbonyl (C=O) groups is 2. The molecule has 1 unspecified atom stereocenters. The fourth-order valence-corrected chi connectivity index (χ4v) is 3.60. The molecule has 4 rings (SSSR count). The molecule has 0 aliphatic heterocycles. The minimum Gasteiger partial charge on any atom is -0.467 e. The quantitative estimate of drug-likeness (QED) is 0.317. The first-order valence-electron chi connectivity index (χ1n) is 10.1. The Hall–Kier alpha value is -4.41. The highest BCUT2D eigenvalue weighted by molar-refractivity contribution is 5.99. The number of ether oxygens (including phenoxy) is 1. The molecule has 4 aromatic rings. The minimum absolute atomic E-state index is 0.0461. The monoisotopic (exact) mass is 446 g/mol. The highest BCUT2D eigenvalue weighted by atomic mass is 16.5. The number of Topliss-reactive ketones (excluding diaryl/α,β-unsaturated/α-hetero) is 1. The molecule has 3 aromatic heterocycles. The Labute approximate surface area is 189 Å². The molecule has 168 valence electrons. The number of aryl methyl sites for hydroxylation is 1. The van der Waals surface area contributed by atoms with Crippen LogP contribution in [0.25, 0.3) is 11.0 Å². The molecule has 3 heterocycles. The Morgan fingerprint density at radius 1 is 1.15 bits per heavy atom. The maximum absolute atomic E-state index is 12.9. The molecule has 0 fully saturated rings. The van der Waals surface area contributed by atoms with Gasteiger partial charge in [-0.05, 0) is 19.4 Å². The molecule has 1 atom stereocenters. The fourth-order valence-electron chi connectivity index (χ4n) is 3.60. The van der Waals surface area contributed by atoms with Gasteiger partial charge < -0.3 is 15.8 Å². The molecule has 11 nitrogen and oxygen atoms in total. The number of esters is 1. The SMILES string of the molecule is COC(=O)C(C)(c1ccccc1)n1ncc2c(NCC(=O)c3nccnc3C)nc(N)nc21. The molecule has 0 saturated carbocycles. The minimum atomic E-state index is -1.32. The lowest BCUT2D eigenvalue weighted by Crippen LogP contribution is -2.42. The Kier molecular flexibility index (Phi) is 5.69. The summed E-state index contributed by atoms with van der Waals surface area (Å²) < 4.78 is 6.54. The van der Waals surface area contributed by atoms with E-state index in [0.717, 1.165) is 0 Å². The molecule has 0 saturated heterocycles. The van der Waals surface area contributed by atoms with E-state index in [9.17, 15) is 9.59 Å². The molecule has 0 aliphatic rings. The van der Waals surface area contributed by atoms with Crippen LogP contribution in [0.3, 0.4) is 0 Å². The standard InChI is InChI=1S/C22H22N8O3/c1-13-17(25-10-9-24-13)16(31)12-26-18-15-11-27-30(19(15)29-21(23)28-18)22(2,20(32)33-3)14-7-5-4-6-8-14/h4-11H,12H2,1-3H3,(H3,23,26,28,29). The maximum atomic E-state index is 12.9. The Bertz CT molecular complexity index is 1340. The maximum Gasteiger partial charge on any atom is 0.338 e. The number of anilines is 2. The Balaban J connectivity index is 1.75. The molecule has 0 bridgehead atoms. The molecule has 3 N–H and O–H groups in total. The molecular formula is C22H22N8O3. The van der Waals surface area contributed by atoms with E-state index in [1.54, 1.807) is 26.0 Å². The molecule has 0 spiro atoms. The van der Waals surface area contributed by atoms with Crippen LogP contribution in [0.2, 0.25) is 0 Å². The zero-order chi connectivity index (χ0) is 23.6. The van der Waals surface area contributed by atoms with Crippen molar-refractivity contribution in [1.29, 1.82) is 0 Å². The third-order valence-electron chi connectivity index (χ3n) is 5.35. The van der Waals surface area contributed by atoms with Crippen molar-refractivity contribution in [2.45, 2.75) is 19.4 Å². The zero-order valence-corrected chi connectivity index (χ0v) is 18.3. The summed E-state index contributed by atoms with van der Waals surface area (Å²) in [6.07, 6.45) is 4.50. The number of carbonyl (C=O) groups excluding carboxylic acids is 2. The highest BCUT2D eigenvalue weighted by Gasteiger charge is 2.41. The summed E-state index contributed by atoms with van der Waals surface area (Å²) in [5.74, 6) is -0.533. The van der Waals surface area contributed by atoms with E-state index in [0.29, 0.717) is 28.1 Å². The smallest absolute Gasteiger partial charge is 0.338 e. The van der Waals surface area contributed by atoms with Crippen LogP contribution in [0.1, 0.15) is 28.7 Å². The van der Waals surface area contributed by atoms with Crippen molar-refractivity contribution in [3.05, 3.63) is 65.9 Å². The molecule has 33 heavy (non-hydrogen) atoms. The summed E-state index contributed by atoms with van der Waals surface area (Å²) in [7, 11) is 1.31. The molecule has 0 amide bonds. The van der Waals surface area contributed by atoms with Gasteiger partial charge in [0.05, 0.1) is 30.9 Å². The van der Waals surface area contributed by atoms with Crippen molar-refractivity contribution < 1.29 is 14.3 Å². The summed E-state index contributed by atoms with van der Waals surface area (Å²) in [4.78, 5) is 42.3. The van der Waals surface area contributed by atoms with Gasteiger partial charge in [-0.3, -0.25) is 9.78 Å². The number of benzene rings is 1. The summed E-state index contributed by atoms with van der Waals surface area (Å²) in [6.45, 7) is 3.30. The fraction of sp³-hybridized carbons (Fsp3) is 0.227. The van der Waals surface area contributed by atoms with Crippen LogP contribution < -0.4 is 11.1 Å². The highest BCUT2D eigenvalue weighted by Crippen LogP contribution is 2.32. The van der Waals surface area contributed by atoms with E-state index in [2.05, 4.69) is 30.4 Å². The molecule has 0 aliphatic carbocycles. The lowest BCUT2D eigenvalue weighted by Gasteiger charge is -2.28. The Morgan fingerprint density at radius 2 is 1.88 bits per heavy atom. The number of nitrogens with zero attached hydrogens (tertiary/aromatic N) is 6. The number of ketones is 1. The van der Waals surface area contributed by atoms with Gasteiger partial charge in [0, 0.05) is 12.4 Å². The Morgan fingerprint density at radius 3 is 2.58 bits per heavy atom. The lowest BCUT2D eigenvalue weighted by atomic mass is 9.92. The van der Waals surface area contributed by atoms with Crippen LogP contribution in [-0.2, 0) is 15.1 Å². The van der Waals surface area contributed by atoms with Gasteiger partial charge in [0.1, 0.15) is 11.5 Å². The van der Waals surface area contributed by atoms with Crippen molar-refractivity contribution >= 4 is 34.6 Å². The molecular weight excluding hydrogens is 424 g/mol. The van der Waals surface area contributed by atoms with Gasteiger partial charge in [-0.25, -0.2) is 14.5 Å². The van der Waals surface area contributed by atoms with Crippen molar-refractivity contribution in [3.8, 4) is 0 Å². The van der Waals surface area contributed by atoms with E-state index in [-0.39, 0.29) is 24.0 Å². The van der Waals surface area contributed by atoms with Crippen molar-refractivity contribution in [2.24, 2.45) is 0 Å². The van der Waals surface area contributed by atoms with E-state index in [1.807, 2.05) is 18.2 Å². The van der Waals surface area contributed by atoms with E-state index in [4.69, 9.17) is 10.5 Å². The number of hydrogen-bond acceptors (Lipinski definition) is 10. The van der Waals surface area contributed by atoms with Gasteiger partial charge in [-0.1, -0.05) is 30.3 Å². The normalized spacial score (nSPS) is 12.8. The second kappa shape index (κ2) is 8.61. The lowest BCUT2D eigenvalue weighted by molar-refractivity contribution is -0.148. The first-order valence-corrected chi connectivity index (χ1v) is 10.1. The number of rotatable bonds is 7. The van der Waals surface area contributed by atoms with E-state index < -0.39 is 11.5 Å². The summed E-state index contributed by atoms with van der Waals surface area (Å²) in [5.41, 5.74) is 6.40. The topological polar surface area (TPSA) is 151 Å². The van der Waals surface area contributed by atoms with Gasteiger partial charge in [0.15, 0.2) is 11.2 Å². The predicted octanol–water partition coefficient (Wildman–Crippen LogP) is 1.74. The predicted molar refractivity (Wildman–Crippen MR) is 121 cm³/mol. The second-order valence-corrected chi connectivity index (χ2v) is 7.42. The van der Waals surface area contributed by atoms with Crippen LogP contribution in [0, 0.1) is 6.92 Å². The largest absolute Gasteiger partial charge is 0.467 e. The van der Waals surface area contributed by atoms with Crippen molar-refractivity contribution in [1.82, 2.24) is 29.7 Å². The third-order valence-corrected chi connectivity index (χ3v) is 5.35. The van der Waals surface area contributed by atoms with Crippen molar-refractivity contribution in [2.75, 3.05) is 24.7 Å². The van der Waals surface area contributed by atoms with Gasteiger partial charge in [0.2, 0.25) is 11.7 Å². The summed E-state index contributed by atoms with van der Waals surface area (Å²) in [5, 5.41) is 7.89. The van der Waals surface area contributed by atoms with Crippen LogP contribution in [0.5, 0.6) is 0 Å². The van der Waals surface area contributed by atoms with Crippen LogP contribution >= 0.6 is 0 Å². The third kappa shape index (κ3) is 3.84. The average Bonchev–Trinajstić information content (AvgIpc) is 3.26. The average molecular weight is 446 g/mol. The van der Waals surface area contributed by atoms with E-state index >= 15 is 0 Å². The zero-order valence-electron chi connectivity index (χ0n) is 18.3. The van der Waals surface area contributed by atoms with Crippen LogP contribution in [-0.4, -0.2) is 55.1 Å². The van der Waals surface area contributed by atoms with Crippen molar-refractivity contribution in [3.63, 3.8) is 0 Å². The first kappa shape index (κ1) is 21.8. The van der Waals surface area contributed by atoms with Gasteiger partial charge in [-0.2, -0.15) is 15.1 Å². The number of fused-ring (bicyclic) bond motifs is 1. The number of nitrogen functional groups attached to an aromatic ring is 1. The van der Waals surface area contributed by atoms with Crippen LogP contribution in [0.4, 0.5) is 11.8 Å². The number of nitrogens with one attached hydrogen (secondary N) is 1. The number of aromatic nitrogens is 6. The van der Waals surface area contributed by atoms with Crippen LogP contribution in [0.15, 0.2) is 48.9 Å². The molecule has 0 radical (unpaired) electrons.